The Bertz CT molecular complexity index is 1110. The maximum absolute atomic E-state index is 13.0. The number of nitrogens with zero attached hydrogens (tertiary/aromatic N) is 1. The highest BCUT2D eigenvalue weighted by atomic mass is 35.5. The zero-order valence-corrected chi connectivity index (χ0v) is 14.6. The molecule has 0 aliphatic carbocycles. The van der Waals surface area contributed by atoms with E-state index < -0.39 is 0 Å². The zero-order valence-electron chi connectivity index (χ0n) is 13.1. The van der Waals surface area contributed by atoms with Gasteiger partial charge in [-0.25, -0.2) is 0 Å². The molecule has 0 aliphatic rings. The first-order chi connectivity index (χ1) is 12.2. The van der Waals surface area contributed by atoms with Gasteiger partial charge in [0.2, 0.25) is 0 Å². The van der Waals surface area contributed by atoms with E-state index in [0.29, 0.717) is 15.7 Å². The van der Waals surface area contributed by atoms with Crippen LogP contribution >= 0.6 is 23.2 Å². The summed E-state index contributed by atoms with van der Waals surface area (Å²) in [5.74, 6) is 0. The van der Waals surface area contributed by atoms with Gasteiger partial charge in [-0.1, -0.05) is 77.8 Å². The number of halogens is 2. The molecule has 122 valence electrons. The molecule has 0 N–H and O–H groups in total. The molecule has 1 aromatic heterocycles. The molecule has 0 bridgehead atoms. The van der Waals surface area contributed by atoms with Gasteiger partial charge in [0.1, 0.15) is 0 Å². The van der Waals surface area contributed by atoms with Crippen LogP contribution < -0.4 is 5.56 Å². The first-order valence-electron chi connectivity index (χ1n) is 7.81. The maximum atomic E-state index is 13.0. The van der Waals surface area contributed by atoms with Crippen LogP contribution in [0.3, 0.4) is 0 Å². The quantitative estimate of drug-likeness (QED) is 0.429. The Kier molecular flexibility index (Phi) is 4.08. The average molecular weight is 366 g/mol. The van der Waals surface area contributed by atoms with Crippen LogP contribution in [0.5, 0.6) is 0 Å². The lowest BCUT2D eigenvalue weighted by Crippen LogP contribution is -2.19. The molecule has 0 atom stereocenters. The van der Waals surface area contributed by atoms with Crippen molar-refractivity contribution in [3.63, 3.8) is 0 Å². The Balaban J connectivity index is 2.13. The standard InChI is InChI=1S/C21H13Cl2NO/c22-17-10-6-11-18(23)21(17)24-19-12-5-4-9-15(19)16(13-20(24)25)14-7-2-1-3-8-14/h1-13H. The average Bonchev–Trinajstić information content (AvgIpc) is 2.63. The molecular formula is C21H13Cl2NO. The smallest absolute Gasteiger partial charge is 0.256 e. The molecule has 0 amide bonds. The van der Waals surface area contributed by atoms with E-state index in [2.05, 4.69) is 0 Å². The van der Waals surface area contributed by atoms with Crippen LogP contribution in [0.15, 0.2) is 83.7 Å². The summed E-state index contributed by atoms with van der Waals surface area (Å²) in [5.41, 5.74) is 2.98. The molecule has 0 radical (unpaired) electrons. The molecular weight excluding hydrogens is 353 g/mol. The van der Waals surface area contributed by atoms with E-state index in [4.69, 9.17) is 23.2 Å². The topological polar surface area (TPSA) is 22.0 Å². The molecule has 0 spiro atoms. The van der Waals surface area contributed by atoms with Crippen LogP contribution in [0.1, 0.15) is 0 Å². The molecule has 25 heavy (non-hydrogen) atoms. The molecule has 4 heteroatoms. The summed E-state index contributed by atoms with van der Waals surface area (Å²) in [6.45, 7) is 0. The van der Waals surface area contributed by atoms with Crippen LogP contribution in [0, 0.1) is 0 Å². The first-order valence-corrected chi connectivity index (χ1v) is 8.57. The number of benzene rings is 3. The summed E-state index contributed by atoms with van der Waals surface area (Å²) in [4.78, 5) is 13.0. The van der Waals surface area contributed by atoms with Crippen molar-refractivity contribution in [2.24, 2.45) is 0 Å². The molecule has 3 aromatic carbocycles. The zero-order chi connectivity index (χ0) is 17.4. The summed E-state index contributed by atoms with van der Waals surface area (Å²) < 4.78 is 1.58. The Labute approximate surface area is 154 Å². The lowest BCUT2D eigenvalue weighted by molar-refractivity contribution is 1.04. The van der Waals surface area contributed by atoms with E-state index in [0.717, 1.165) is 22.0 Å². The van der Waals surface area contributed by atoms with Crippen LogP contribution in [-0.2, 0) is 0 Å². The third-order valence-electron chi connectivity index (χ3n) is 4.17. The van der Waals surface area contributed by atoms with Gasteiger partial charge in [-0.05, 0) is 29.3 Å². The highest BCUT2D eigenvalue weighted by Gasteiger charge is 2.15. The van der Waals surface area contributed by atoms with Crippen molar-refractivity contribution >= 4 is 34.1 Å². The number of fused-ring (bicyclic) bond motifs is 1. The molecule has 0 fully saturated rings. The fourth-order valence-electron chi connectivity index (χ4n) is 3.07. The van der Waals surface area contributed by atoms with E-state index in [1.54, 1.807) is 28.8 Å². The molecule has 0 saturated carbocycles. The van der Waals surface area contributed by atoms with Crippen LogP contribution in [0.4, 0.5) is 0 Å². The molecule has 0 unspecified atom stereocenters. The van der Waals surface area contributed by atoms with Gasteiger partial charge < -0.3 is 0 Å². The predicted octanol–water partition coefficient (Wildman–Crippen LogP) is 5.96. The van der Waals surface area contributed by atoms with Crippen molar-refractivity contribution in [1.82, 2.24) is 4.57 Å². The Morgan fingerprint density at radius 1 is 0.720 bits per heavy atom. The normalized spacial score (nSPS) is 11.0. The van der Waals surface area contributed by atoms with Crippen molar-refractivity contribution in [2.45, 2.75) is 0 Å². The van der Waals surface area contributed by atoms with Crippen molar-refractivity contribution in [3.8, 4) is 16.8 Å². The maximum Gasteiger partial charge on any atom is 0.256 e. The minimum Gasteiger partial charge on any atom is -0.274 e. The van der Waals surface area contributed by atoms with Crippen molar-refractivity contribution in [3.05, 3.63) is 99.3 Å². The number of pyridine rings is 1. The second-order valence-corrected chi connectivity index (χ2v) is 6.50. The molecule has 1 heterocycles. The first kappa shape index (κ1) is 15.9. The third kappa shape index (κ3) is 2.74. The van der Waals surface area contributed by atoms with E-state index in [9.17, 15) is 4.79 Å². The highest BCUT2D eigenvalue weighted by Crippen LogP contribution is 2.33. The fourth-order valence-corrected chi connectivity index (χ4v) is 3.64. The lowest BCUT2D eigenvalue weighted by atomic mass is 10.0. The van der Waals surface area contributed by atoms with Gasteiger partial charge in [0, 0.05) is 11.5 Å². The van der Waals surface area contributed by atoms with Gasteiger partial charge in [-0.2, -0.15) is 0 Å². The second-order valence-electron chi connectivity index (χ2n) is 5.69. The van der Waals surface area contributed by atoms with Gasteiger partial charge in [0.15, 0.2) is 0 Å². The van der Waals surface area contributed by atoms with E-state index in [1.165, 1.54) is 0 Å². The number of hydrogen-bond donors (Lipinski definition) is 0. The lowest BCUT2D eigenvalue weighted by Gasteiger charge is -2.16. The Morgan fingerprint density at radius 2 is 1.36 bits per heavy atom. The molecule has 0 aliphatic heterocycles. The van der Waals surface area contributed by atoms with Gasteiger partial charge >= 0.3 is 0 Å². The molecule has 4 rings (SSSR count). The number of aromatic nitrogens is 1. The largest absolute Gasteiger partial charge is 0.274 e. The minimum atomic E-state index is -0.174. The summed E-state index contributed by atoms with van der Waals surface area (Å²) in [6.07, 6.45) is 0. The van der Waals surface area contributed by atoms with Gasteiger partial charge in [-0.15, -0.1) is 0 Å². The van der Waals surface area contributed by atoms with E-state index in [1.807, 2.05) is 54.6 Å². The van der Waals surface area contributed by atoms with Gasteiger partial charge in [0.25, 0.3) is 5.56 Å². The minimum absolute atomic E-state index is 0.174. The number of para-hydroxylation sites is 2. The summed E-state index contributed by atoms with van der Waals surface area (Å²) in [5, 5.41) is 1.84. The third-order valence-corrected chi connectivity index (χ3v) is 4.78. The Hall–Kier alpha value is -2.55. The van der Waals surface area contributed by atoms with Gasteiger partial charge in [-0.3, -0.25) is 9.36 Å². The van der Waals surface area contributed by atoms with E-state index in [-0.39, 0.29) is 5.56 Å². The second kappa shape index (κ2) is 6.40. The van der Waals surface area contributed by atoms with Crippen LogP contribution in [0.2, 0.25) is 10.0 Å². The molecule has 0 saturated heterocycles. The van der Waals surface area contributed by atoms with Crippen molar-refractivity contribution < 1.29 is 0 Å². The summed E-state index contributed by atoms with van der Waals surface area (Å²) >= 11 is 12.7. The fraction of sp³-hybridized carbons (Fsp3) is 0. The Morgan fingerprint density at radius 3 is 2.08 bits per heavy atom. The number of hydrogen-bond acceptors (Lipinski definition) is 1. The van der Waals surface area contributed by atoms with E-state index >= 15 is 0 Å². The summed E-state index contributed by atoms with van der Waals surface area (Å²) in [7, 11) is 0. The monoisotopic (exact) mass is 365 g/mol. The highest BCUT2D eigenvalue weighted by molar-refractivity contribution is 6.37. The summed E-state index contributed by atoms with van der Waals surface area (Å²) in [6, 6.07) is 24.5. The number of rotatable bonds is 2. The van der Waals surface area contributed by atoms with Crippen molar-refractivity contribution in [2.75, 3.05) is 0 Å². The van der Waals surface area contributed by atoms with Crippen LogP contribution in [-0.4, -0.2) is 4.57 Å². The van der Waals surface area contributed by atoms with Gasteiger partial charge in [0.05, 0.1) is 21.2 Å². The molecule has 2 nitrogen and oxygen atoms in total. The van der Waals surface area contributed by atoms with Crippen molar-refractivity contribution in [1.29, 1.82) is 0 Å². The van der Waals surface area contributed by atoms with Crippen LogP contribution in [0.25, 0.3) is 27.7 Å². The molecule has 4 aromatic rings. The SMILES string of the molecule is O=c1cc(-c2ccccc2)c2ccccc2n1-c1c(Cl)cccc1Cl. The predicted molar refractivity (Wildman–Crippen MR) is 105 cm³/mol.